The normalized spacial score (nSPS) is 15.8. The number of benzene rings is 2. The SMILES string of the molecule is Cc1nnc(C)n1C1CCN(C(=O)[C@@H](CCCCN)NC(=O)[C@@H](CC(C)C)NC(=O)[C@@H](Cc2ccccc2)NC(=O)C(N)Cc2ccccc2)CC1. The molecule has 2 heterocycles. The molecule has 282 valence electrons. The lowest BCUT2D eigenvalue weighted by Crippen LogP contribution is -2.59. The Kier molecular flexibility index (Phi) is 15.3. The molecule has 0 spiro atoms. The Morgan fingerprint density at radius 1 is 0.750 bits per heavy atom. The Balaban J connectivity index is 1.46. The standard InChI is InChI=1S/C39H57N9O4/c1-26(2)23-34(44-38(51)35(25-30-15-9-6-10-16-30)43-36(49)32(41)24-29-13-7-5-8-14-29)37(50)42-33(17-11-12-20-40)39(52)47-21-18-31(19-22-47)48-27(3)45-46-28(48)4/h5-10,13-16,26,31-35H,11-12,17-25,40-41H2,1-4H3,(H,42,50)(H,43,49)(H,44,51)/t32?,33-,34-,35-/m1/s1. The second-order valence-corrected chi connectivity index (χ2v) is 14.3. The number of hydrogen-bond donors (Lipinski definition) is 5. The number of likely N-dealkylation sites (tertiary alicyclic amines) is 1. The van der Waals surface area contributed by atoms with Crippen LogP contribution >= 0.6 is 0 Å². The number of nitrogens with zero attached hydrogens (tertiary/aromatic N) is 4. The van der Waals surface area contributed by atoms with Gasteiger partial charge in [-0.1, -0.05) is 74.5 Å². The first kappa shape index (κ1) is 40.2. The molecule has 1 aliphatic heterocycles. The van der Waals surface area contributed by atoms with Gasteiger partial charge in [-0.3, -0.25) is 19.2 Å². The van der Waals surface area contributed by atoms with E-state index in [4.69, 9.17) is 11.5 Å². The van der Waals surface area contributed by atoms with Gasteiger partial charge in [-0.2, -0.15) is 0 Å². The Bertz CT molecular complexity index is 1570. The van der Waals surface area contributed by atoms with Crippen molar-refractivity contribution in [1.82, 2.24) is 35.6 Å². The highest BCUT2D eigenvalue weighted by atomic mass is 16.2. The van der Waals surface area contributed by atoms with Crippen LogP contribution in [0.3, 0.4) is 0 Å². The van der Waals surface area contributed by atoms with E-state index in [9.17, 15) is 19.2 Å². The van der Waals surface area contributed by atoms with E-state index in [0.29, 0.717) is 51.7 Å². The van der Waals surface area contributed by atoms with E-state index >= 15 is 0 Å². The molecule has 13 nitrogen and oxygen atoms in total. The van der Waals surface area contributed by atoms with Crippen LogP contribution in [0.15, 0.2) is 60.7 Å². The van der Waals surface area contributed by atoms with Crippen LogP contribution in [0.4, 0.5) is 0 Å². The molecule has 4 rings (SSSR count). The van der Waals surface area contributed by atoms with Crippen LogP contribution in [0.5, 0.6) is 0 Å². The molecule has 0 saturated carbocycles. The summed E-state index contributed by atoms with van der Waals surface area (Å²) in [7, 11) is 0. The second-order valence-electron chi connectivity index (χ2n) is 14.3. The number of amides is 4. The molecule has 0 bridgehead atoms. The molecule has 3 aromatic rings. The number of carbonyl (C=O) groups is 4. The lowest BCUT2D eigenvalue weighted by molar-refractivity contribution is -0.139. The third-order valence-electron chi connectivity index (χ3n) is 9.63. The van der Waals surface area contributed by atoms with Crippen LogP contribution in [0, 0.1) is 19.8 Å². The molecule has 1 unspecified atom stereocenters. The van der Waals surface area contributed by atoms with Crippen molar-refractivity contribution in [2.45, 2.75) is 109 Å². The number of hydrogen-bond acceptors (Lipinski definition) is 8. The van der Waals surface area contributed by atoms with Gasteiger partial charge in [0.1, 0.15) is 29.8 Å². The van der Waals surface area contributed by atoms with Crippen molar-refractivity contribution in [1.29, 1.82) is 0 Å². The highest BCUT2D eigenvalue weighted by molar-refractivity contribution is 5.95. The number of nitrogens with one attached hydrogen (secondary N) is 3. The minimum absolute atomic E-state index is 0.0486. The molecule has 1 saturated heterocycles. The molecule has 2 aromatic carbocycles. The summed E-state index contributed by atoms with van der Waals surface area (Å²) in [5.74, 6) is 0.210. The maximum Gasteiger partial charge on any atom is 0.245 e. The summed E-state index contributed by atoms with van der Waals surface area (Å²) < 4.78 is 2.13. The highest BCUT2D eigenvalue weighted by Crippen LogP contribution is 2.25. The van der Waals surface area contributed by atoms with Crippen molar-refractivity contribution in [2.24, 2.45) is 17.4 Å². The van der Waals surface area contributed by atoms with E-state index in [0.717, 1.165) is 35.6 Å². The molecule has 4 atom stereocenters. The number of carbonyl (C=O) groups excluding carboxylic acids is 4. The minimum Gasteiger partial charge on any atom is -0.343 e. The quantitative estimate of drug-likeness (QED) is 0.124. The lowest BCUT2D eigenvalue weighted by atomic mass is 9.99. The molecule has 0 aliphatic carbocycles. The maximum atomic E-state index is 14.0. The fourth-order valence-electron chi connectivity index (χ4n) is 6.86. The van der Waals surface area contributed by atoms with Gasteiger partial charge in [0, 0.05) is 25.6 Å². The van der Waals surface area contributed by atoms with E-state index < -0.39 is 41.9 Å². The molecule has 0 radical (unpaired) electrons. The number of nitrogens with two attached hydrogens (primary N) is 2. The van der Waals surface area contributed by atoms with Gasteiger partial charge in [0.15, 0.2) is 0 Å². The average molecular weight is 716 g/mol. The summed E-state index contributed by atoms with van der Waals surface area (Å²) >= 11 is 0. The maximum absolute atomic E-state index is 14.0. The summed E-state index contributed by atoms with van der Waals surface area (Å²) in [6, 6.07) is 15.4. The van der Waals surface area contributed by atoms with Crippen LogP contribution in [0.1, 0.15) is 81.2 Å². The molecule has 1 fully saturated rings. The molecule has 1 aromatic heterocycles. The van der Waals surface area contributed by atoms with Gasteiger partial charge in [0.25, 0.3) is 0 Å². The lowest BCUT2D eigenvalue weighted by Gasteiger charge is -2.36. The van der Waals surface area contributed by atoms with E-state index in [2.05, 4.69) is 30.7 Å². The largest absolute Gasteiger partial charge is 0.343 e. The first-order valence-electron chi connectivity index (χ1n) is 18.6. The molecule has 4 amide bonds. The van der Waals surface area contributed by atoms with Crippen molar-refractivity contribution in [3.05, 3.63) is 83.4 Å². The summed E-state index contributed by atoms with van der Waals surface area (Å²) in [5.41, 5.74) is 13.8. The third kappa shape index (κ3) is 11.7. The van der Waals surface area contributed by atoms with Crippen molar-refractivity contribution in [2.75, 3.05) is 19.6 Å². The van der Waals surface area contributed by atoms with E-state index in [1.165, 1.54) is 0 Å². The topological polar surface area (TPSA) is 190 Å². The van der Waals surface area contributed by atoms with Crippen LogP contribution in [0.25, 0.3) is 0 Å². The number of rotatable bonds is 18. The average Bonchev–Trinajstić information content (AvgIpc) is 3.47. The zero-order valence-electron chi connectivity index (χ0n) is 31.1. The predicted octanol–water partition coefficient (Wildman–Crippen LogP) is 2.50. The van der Waals surface area contributed by atoms with Gasteiger partial charge in [-0.25, -0.2) is 0 Å². The van der Waals surface area contributed by atoms with Gasteiger partial charge in [-0.05, 0) is 82.4 Å². The van der Waals surface area contributed by atoms with Gasteiger partial charge in [-0.15, -0.1) is 10.2 Å². The number of aryl methyl sites for hydroxylation is 2. The molecular formula is C39H57N9O4. The van der Waals surface area contributed by atoms with Crippen molar-refractivity contribution in [3.63, 3.8) is 0 Å². The number of unbranched alkanes of at least 4 members (excludes halogenated alkanes) is 1. The summed E-state index contributed by atoms with van der Waals surface area (Å²) in [5, 5.41) is 17.2. The number of aromatic nitrogens is 3. The first-order valence-corrected chi connectivity index (χ1v) is 18.6. The zero-order chi connectivity index (χ0) is 37.6. The Labute approximate surface area is 307 Å². The van der Waals surface area contributed by atoms with Crippen molar-refractivity contribution >= 4 is 23.6 Å². The molecule has 13 heteroatoms. The van der Waals surface area contributed by atoms with Gasteiger partial charge in [0.05, 0.1) is 6.04 Å². The molecule has 1 aliphatic rings. The van der Waals surface area contributed by atoms with Crippen molar-refractivity contribution in [3.8, 4) is 0 Å². The summed E-state index contributed by atoms with van der Waals surface area (Å²) in [6.07, 6.45) is 4.17. The predicted molar refractivity (Wildman–Crippen MR) is 201 cm³/mol. The number of piperidine rings is 1. The highest BCUT2D eigenvalue weighted by Gasteiger charge is 2.34. The van der Waals surface area contributed by atoms with E-state index in [1.54, 1.807) is 0 Å². The van der Waals surface area contributed by atoms with E-state index in [-0.39, 0.29) is 24.3 Å². The van der Waals surface area contributed by atoms with Gasteiger partial charge >= 0.3 is 0 Å². The Morgan fingerprint density at radius 3 is 1.83 bits per heavy atom. The second kappa shape index (κ2) is 19.8. The fraction of sp³-hybridized carbons (Fsp3) is 0.538. The van der Waals surface area contributed by atoms with E-state index in [1.807, 2.05) is 93.3 Å². The first-order chi connectivity index (χ1) is 25.0. The Morgan fingerprint density at radius 2 is 1.27 bits per heavy atom. The molecule has 7 N–H and O–H groups in total. The van der Waals surface area contributed by atoms with Gasteiger partial charge < -0.3 is 36.9 Å². The monoisotopic (exact) mass is 715 g/mol. The van der Waals surface area contributed by atoms with Crippen LogP contribution in [-0.2, 0) is 32.0 Å². The molecule has 52 heavy (non-hydrogen) atoms. The third-order valence-corrected chi connectivity index (χ3v) is 9.63. The zero-order valence-corrected chi connectivity index (χ0v) is 31.1. The van der Waals surface area contributed by atoms with Crippen LogP contribution in [0.2, 0.25) is 0 Å². The van der Waals surface area contributed by atoms with Crippen LogP contribution in [-0.4, -0.2) is 87.1 Å². The van der Waals surface area contributed by atoms with Gasteiger partial charge in [0.2, 0.25) is 23.6 Å². The minimum atomic E-state index is -0.986. The smallest absolute Gasteiger partial charge is 0.245 e. The Hall–Kier alpha value is -4.62. The summed E-state index contributed by atoms with van der Waals surface area (Å²) in [4.78, 5) is 57.0. The molecular weight excluding hydrogens is 658 g/mol. The van der Waals surface area contributed by atoms with Crippen molar-refractivity contribution < 1.29 is 19.2 Å². The summed E-state index contributed by atoms with van der Waals surface area (Å²) in [6.45, 7) is 9.37. The fourth-order valence-corrected chi connectivity index (χ4v) is 6.86. The van der Waals surface area contributed by atoms with Crippen LogP contribution < -0.4 is 27.4 Å².